The second-order valence-corrected chi connectivity index (χ2v) is 8.10. The minimum Gasteiger partial charge on any atom is -0.479 e. The summed E-state index contributed by atoms with van der Waals surface area (Å²) in [7, 11) is 2.56. The molecule has 0 N–H and O–H groups in total. The van der Waals surface area contributed by atoms with Crippen LogP contribution in [-0.4, -0.2) is 42.4 Å². The standard InChI is InChI=1S/C15H24O5S2/c1-7-20-13(21)22-10-9(14(2,3)4)8-15(10,11(16)18-5)12(17)19-6/h9-10H,7-8H2,1-6H3/t9-,10+/m1/s1. The van der Waals surface area contributed by atoms with E-state index in [1.807, 2.05) is 6.92 Å². The average Bonchev–Trinajstić information content (AvgIpc) is 2.42. The molecule has 0 bridgehead atoms. The molecule has 0 aromatic rings. The Morgan fingerprint density at radius 1 is 1.23 bits per heavy atom. The third-order valence-corrected chi connectivity index (χ3v) is 5.79. The van der Waals surface area contributed by atoms with Gasteiger partial charge in [0.25, 0.3) is 0 Å². The highest BCUT2D eigenvalue weighted by Gasteiger charge is 2.68. The molecular formula is C15H24O5S2. The van der Waals surface area contributed by atoms with E-state index in [0.29, 0.717) is 17.4 Å². The van der Waals surface area contributed by atoms with Crippen molar-refractivity contribution in [3.8, 4) is 0 Å². The largest absolute Gasteiger partial charge is 0.479 e. The van der Waals surface area contributed by atoms with Crippen molar-refractivity contribution >= 4 is 40.3 Å². The first-order chi connectivity index (χ1) is 10.1. The predicted octanol–water partition coefficient (Wildman–Crippen LogP) is 2.81. The predicted molar refractivity (Wildman–Crippen MR) is 89.6 cm³/mol. The van der Waals surface area contributed by atoms with Crippen molar-refractivity contribution in [2.45, 2.75) is 39.4 Å². The molecule has 0 aliphatic heterocycles. The molecule has 0 aromatic carbocycles. The van der Waals surface area contributed by atoms with Crippen LogP contribution in [-0.2, 0) is 23.8 Å². The molecule has 1 saturated carbocycles. The number of esters is 2. The van der Waals surface area contributed by atoms with Crippen LogP contribution < -0.4 is 0 Å². The summed E-state index contributed by atoms with van der Waals surface area (Å²) in [6, 6.07) is 0. The van der Waals surface area contributed by atoms with Crippen LogP contribution in [0.1, 0.15) is 34.1 Å². The quantitative estimate of drug-likeness (QED) is 0.440. The number of hydrogen-bond donors (Lipinski definition) is 0. The molecule has 5 nitrogen and oxygen atoms in total. The Balaban J connectivity index is 3.17. The van der Waals surface area contributed by atoms with Gasteiger partial charge in [0.15, 0.2) is 5.41 Å². The molecule has 22 heavy (non-hydrogen) atoms. The van der Waals surface area contributed by atoms with Gasteiger partial charge in [-0.3, -0.25) is 9.59 Å². The van der Waals surface area contributed by atoms with Gasteiger partial charge in [-0.1, -0.05) is 32.5 Å². The van der Waals surface area contributed by atoms with Crippen LogP contribution in [0, 0.1) is 16.7 Å². The van der Waals surface area contributed by atoms with Crippen molar-refractivity contribution in [3.05, 3.63) is 0 Å². The number of thioether (sulfide) groups is 1. The van der Waals surface area contributed by atoms with Gasteiger partial charge < -0.3 is 14.2 Å². The number of carbonyl (C=O) groups is 2. The highest BCUT2D eigenvalue weighted by Crippen LogP contribution is 2.59. The lowest BCUT2D eigenvalue weighted by atomic mass is 9.54. The number of thiocarbonyl (C=S) groups is 1. The average molecular weight is 348 g/mol. The van der Waals surface area contributed by atoms with Gasteiger partial charge in [-0.25, -0.2) is 0 Å². The van der Waals surface area contributed by atoms with Gasteiger partial charge in [-0.15, -0.1) is 0 Å². The first kappa shape index (κ1) is 19.2. The maximum Gasteiger partial charge on any atom is 0.324 e. The van der Waals surface area contributed by atoms with Gasteiger partial charge in [-0.2, -0.15) is 0 Å². The molecule has 0 aromatic heterocycles. The van der Waals surface area contributed by atoms with E-state index in [1.54, 1.807) is 0 Å². The molecule has 1 rings (SSSR count). The Bertz CT molecular complexity index is 439. The summed E-state index contributed by atoms with van der Waals surface area (Å²) in [6.45, 7) is 8.51. The Morgan fingerprint density at radius 3 is 2.09 bits per heavy atom. The summed E-state index contributed by atoms with van der Waals surface area (Å²) < 4.78 is 15.4. The number of hydrogen-bond acceptors (Lipinski definition) is 7. The Hall–Kier alpha value is -0.820. The monoisotopic (exact) mass is 348 g/mol. The zero-order chi connectivity index (χ0) is 17.1. The van der Waals surface area contributed by atoms with E-state index < -0.39 is 17.4 Å². The smallest absolute Gasteiger partial charge is 0.324 e. The topological polar surface area (TPSA) is 61.8 Å². The highest BCUT2D eigenvalue weighted by atomic mass is 32.2. The second kappa shape index (κ2) is 7.17. The van der Waals surface area contributed by atoms with Crippen LogP contribution in [0.15, 0.2) is 0 Å². The third kappa shape index (κ3) is 3.40. The lowest BCUT2D eigenvalue weighted by molar-refractivity contribution is -0.182. The Labute approximate surface area is 141 Å². The van der Waals surface area contributed by atoms with E-state index >= 15 is 0 Å². The van der Waals surface area contributed by atoms with Crippen molar-refractivity contribution in [2.24, 2.45) is 16.7 Å². The molecule has 0 saturated heterocycles. The number of methoxy groups -OCH3 is 2. The van der Waals surface area contributed by atoms with Crippen molar-refractivity contribution in [1.29, 1.82) is 0 Å². The maximum absolute atomic E-state index is 12.3. The molecule has 1 aliphatic rings. The zero-order valence-corrected chi connectivity index (χ0v) is 15.6. The lowest BCUT2D eigenvalue weighted by Gasteiger charge is -2.54. The number of ether oxygens (including phenoxy) is 3. The van der Waals surface area contributed by atoms with E-state index in [2.05, 4.69) is 20.8 Å². The lowest BCUT2D eigenvalue weighted by Crippen LogP contribution is -2.64. The third-order valence-electron chi connectivity index (χ3n) is 4.09. The molecule has 1 fully saturated rings. The van der Waals surface area contributed by atoms with Crippen LogP contribution in [0.3, 0.4) is 0 Å². The Morgan fingerprint density at radius 2 is 1.73 bits per heavy atom. The SMILES string of the molecule is CCOC(=S)S[C@H]1[C@H](C(C)(C)C)CC1(C(=O)OC)C(=O)OC. The van der Waals surface area contributed by atoms with Crippen molar-refractivity contribution in [1.82, 2.24) is 0 Å². The summed E-state index contributed by atoms with van der Waals surface area (Å²) in [4.78, 5) is 24.6. The molecule has 0 heterocycles. The molecule has 126 valence electrons. The molecule has 0 unspecified atom stereocenters. The van der Waals surface area contributed by atoms with Gasteiger partial charge >= 0.3 is 11.9 Å². The fourth-order valence-electron chi connectivity index (χ4n) is 2.80. The molecule has 0 radical (unpaired) electrons. The zero-order valence-electron chi connectivity index (χ0n) is 13.9. The van der Waals surface area contributed by atoms with E-state index in [4.69, 9.17) is 26.4 Å². The van der Waals surface area contributed by atoms with Crippen molar-refractivity contribution in [2.75, 3.05) is 20.8 Å². The van der Waals surface area contributed by atoms with Gasteiger partial charge in [0.2, 0.25) is 4.38 Å². The van der Waals surface area contributed by atoms with Crippen molar-refractivity contribution < 1.29 is 23.8 Å². The van der Waals surface area contributed by atoms with E-state index in [9.17, 15) is 9.59 Å². The summed E-state index contributed by atoms with van der Waals surface area (Å²) in [5.74, 6) is -1.03. The van der Waals surface area contributed by atoms with Gasteiger partial charge in [0, 0.05) is 5.25 Å². The molecular weight excluding hydrogens is 324 g/mol. The highest BCUT2D eigenvalue weighted by molar-refractivity contribution is 8.23. The summed E-state index contributed by atoms with van der Waals surface area (Å²) >= 11 is 6.44. The van der Waals surface area contributed by atoms with Crippen LogP contribution in [0.5, 0.6) is 0 Å². The number of rotatable bonds is 4. The maximum atomic E-state index is 12.3. The molecule has 2 atom stereocenters. The van der Waals surface area contributed by atoms with E-state index in [1.165, 1.54) is 26.0 Å². The van der Waals surface area contributed by atoms with Crippen molar-refractivity contribution in [3.63, 3.8) is 0 Å². The van der Waals surface area contributed by atoms with E-state index in [0.717, 1.165) is 0 Å². The van der Waals surface area contributed by atoms with Gasteiger partial charge in [-0.05, 0) is 36.9 Å². The fraction of sp³-hybridized carbons (Fsp3) is 0.800. The van der Waals surface area contributed by atoms with Crippen LogP contribution in [0.4, 0.5) is 0 Å². The van der Waals surface area contributed by atoms with Gasteiger partial charge in [0.1, 0.15) is 0 Å². The molecule has 0 spiro atoms. The van der Waals surface area contributed by atoms with Crippen LogP contribution in [0.2, 0.25) is 0 Å². The second-order valence-electron chi connectivity index (χ2n) is 6.35. The summed E-state index contributed by atoms with van der Waals surface area (Å²) in [5, 5.41) is -0.355. The fourth-order valence-corrected chi connectivity index (χ4v) is 4.78. The minimum absolute atomic E-state index is 0.0783. The first-order valence-corrected chi connectivity index (χ1v) is 8.44. The first-order valence-electron chi connectivity index (χ1n) is 7.15. The Kier molecular flexibility index (Phi) is 6.27. The molecule has 7 heteroatoms. The van der Waals surface area contributed by atoms with Crippen LogP contribution >= 0.6 is 24.0 Å². The minimum atomic E-state index is -1.31. The van der Waals surface area contributed by atoms with Crippen LogP contribution in [0.25, 0.3) is 0 Å². The van der Waals surface area contributed by atoms with E-state index in [-0.39, 0.29) is 16.6 Å². The summed E-state index contributed by atoms with van der Waals surface area (Å²) in [5.41, 5.74) is -1.39. The molecule has 0 amide bonds. The normalized spacial score (nSPS) is 23.2. The summed E-state index contributed by atoms with van der Waals surface area (Å²) in [6.07, 6.45) is 0.391. The van der Waals surface area contributed by atoms with Gasteiger partial charge in [0.05, 0.1) is 20.8 Å². The number of carbonyl (C=O) groups excluding carboxylic acids is 2. The molecule has 1 aliphatic carbocycles.